The molecule has 53 valence electrons. The van der Waals surface area contributed by atoms with E-state index in [4.69, 9.17) is 0 Å². The van der Waals surface area contributed by atoms with Crippen LogP contribution in [0.4, 0.5) is 0 Å². The molecule has 1 aliphatic heterocycles. The zero-order valence-electron chi connectivity index (χ0n) is 5.70. The summed E-state index contributed by atoms with van der Waals surface area (Å²) in [6, 6.07) is 0. The largest absolute Gasteiger partial charge is 0.270 e. The van der Waals surface area contributed by atoms with Gasteiger partial charge in [-0.15, -0.1) is 0 Å². The van der Waals surface area contributed by atoms with Gasteiger partial charge in [0, 0.05) is 12.2 Å². The molecular formula is C7H8NO2. The summed E-state index contributed by atoms with van der Waals surface area (Å²) in [5.41, 5.74) is 0. The highest BCUT2D eigenvalue weighted by Gasteiger charge is 2.21. The van der Waals surface area contributed by atoms with Crippen LogP contribution in [0.2, 0.25) is 0 Å². The quantitative estimate of drug-likeness (QED) is 0.520. The van der Waals surface area contributed by atoms with E-state index in [1.807, 2.05) is 6.92 Å². The van der Waals surface area contributed by atoms with Gasteiger partial charge in [0.15, 0.2) is 0 Å². The Bertz CT molecular complexity index is 178. The molecule has 0 bridgehead atoms. The predicted molar refractivity (Wildman–Crippen MR) is 35.6 cm³/mol. The van der Waals surface area contributed by atoms with Gasteiger partial charge in [-0.3, -0.25) is 14.5 Å². The molecule has 0 saturated heterocycles. The molecule has 0 aliphatic carbocycles. The van der Waals surface area contributed by atoms with E-state index < -0.39 is 0 Å². The highest BCUT2D eigenvalue weighted by molar-refractivity contribution is 6.13. The van der Waals surface area contributed by atoms with E-state index in [-0.39, 0.29) is 11.8 Å². The number of carbonyl (C=O) groups is 2. The number of hydrogen-bond donors (Lipinski definition) is 0. The first kappa shape index (κ1) is 6.99. The van der Waals surface area contributed by atoms with Gasteiger partial charge in [-0.1, -0.05) is 6.92 Å². The summed E-state index contributed by atoms with van der Waals surface area (Å²) in [5.74, 6) is -0.487. The first-order valence-electron chi connectivity index (χ1n) is 3.14. The number of carbonyl (C=O) groups excluding carboxylic acids is 2. The lowest BCUT2D eigenvalue weighted by atomic mass is 10.4. The average molecular weight is 138 g/mol. The van der Waals surface area contributed by atoms with E-state index >= 15 is 0 Å². The Morgan fingerprint density at radius 1 is 1.40 bits per heavy atom. The molecule has 10 heavy (non-hydrogen) atoms. The number of rotatable bonds is 2. The standard InChI is InChI=1S/C7H8NO2/c1-2-5-8-6(9)3-4-7(8)10/h3-5H,2H2,1H3. The van der Waals surface area contributed by atoms with Gasteiger partial charge in [-0.25, -0.2) is 0 Å². The molecule has 1 aliphatic rings. The SMILES string of the molecule is CC[CH]N1C(=O)C=CC1=O. The molecule has 0 saturated carbocycles. The highest BCUT2D eigenvalue weighted by Crippen LogP contribution is 2.06. The number of hydrogen-bond acceptors (Lipinski definition) is 2. The van der Waals surface area contributed by atoms with E-state index in [0.717, 1.165) is 4.90 Å². The van der Waals surface area contributed by atoms with Crippen LogP contribution in [0.15, 0.2) is 12.2 Å². The fourth-order valence-electron chi connectivity index (χ4n) is 0.774. The van der Waals surface area contributed by atoms with Gasteiger partial charge in [0.2, 0.25) is 0 Å². The number of nitrogens with zero attached hydrogens (tertiary/aromatic N) is 1. The lowest BCUT2D eigenvalue weighted by molar-refractivity contribution is -0.134. The molecule has 0 unspecified atom stereocenters. The molecule has 1 rings (SSSR count). The minimum Gasteiger partial charge on any atom is -0.270 e. The van der Waals surface area contributed by atoms with Gasteiger partial charge < -0.3 is 0 Å². The van der Waals surface area contributed by atoms with Crippen molar-refractivity contribution in [2.24, 2.45) is 0 Å². The van der Waals surface area contributed by atoms with Gasteiger partial charge in [0.1, 0.15) is 0 Å². The molecule has 1 radical (unpaired) electrons. The van der Waals surface area contributed by atoms with Crippen molar-refractivity contribution >= 4 is 11.8 Å². The molecule has 0 aromatic rings. The third-order valence-corrected chi connectivity index (χ3v) is 1.21. The topological polar surface area (TPSA) is 37.4 Å². The first-order valence-corrected chi connectivity index (χ1v) is 3.14. The highest BCUT2D eigenvalue weighted by atomic mass is 16.2. The molecule has 0 atom stereocenters. The van der Waals surface area contributed by atoms with Crippen LogP contribution < -0.4 is 0 Å². The van der Waals surface area contributed by atoms with Crippen LogP contribution in [0.25, 0.3) is 0 Å². The van der Waals surface area contributed by atoms with Crippen LogP contribution in [-0.2, 0) is 9.59 Å². The van der Waals surface area contributed by atoms with Crippen molar-refractivity contribution in [1.82, 2.24) is 4.90 Å². The smallest absolute Gasteiger partial charge is 0.253 e. The van der Waals surface area contributed by atoms with Crippen molar-refractivity contribution in [3.05, 3.63) is 18.7 Å². The Balaban J connectivity index is 2.60. The third kappa shape index (κ3) is 1.07. The Morgan fingerprint density at radius 2 is 1.90 bits per heavy atom. The Morgan fingerprint density at radius 3 is 2.30 bits per heavy atom. The van der Waals surface area contributed by atoms with Crippen molar-refractivity contribution in [2.75, 3.05) is 0 Å². The number of imide groups is 1. The van der Waals surface area contributed by atoms with Crippen molar-refractivity contribution in [1.29, 1.82) is 0 Å². The van der Waals surface area contributed by atoms with E-state index in [9.17, 15) is 9.59 Å². The van der Waals surface area contributed by atoms with Crippen LogP contribution >= 0.6 is 0 Å². The monoisotopic (exact) mass is 138 g/mol. The maximum Gasteiger partial charge on any atom is 0.253 e. The zero-order chi connectivity index (χ0) is 7.56. The fourth-order valence-corrected chi connectivity index (χ4v) is 0.774. The Labute approximate surface area is 59.3 Å². The predicted octanol–water partition coefficient (Wildman–Crippen LogP) is 0.483. The molecule has 0 aromatic carbocycles. The second-order valence-electron chi connectivity index (χ2n) is 1.97. The van der Waals surface area contributed by atoms with E-state index in [1.54, 1.807) is 6.54 Å². The van der Waals surface area contributed by atoms with Crippen molar-refractivity contribution in [3.8, 4) is 0 Å². The van der Waals surface area contributed by atoms with Crippen LogP contribution in [0.3, 0.4) is 0 Å². The van der Waals surface area contributed by atoms with Crippen LogP contribution in [0, 0.1) is 6.54 Å². The second kappa shape index (κ2) is 2.64. The normalized spacial score (nSPS) is 17.1. The second-order valence-corrected chi connectivity index (χ2v) is 1.97. The van der Waals surface area contributed by atoms with Crippen molar-refractivity contribution < 1.29 is 9.59 Å². The van der Waals surface area contributed by atoms with E-state index in [1.165, 1.54) is 12.2 Å². The average Bonchev–Trinajstić information content (AvgIpc) is 2.20. The van der Waals surface area contributed by atoms with Crippen molar-refractivity contribution in [2.45, 2.75) is 13.3 Å². The van der Waals surface area contributed by atoms with Gasteiger partial charge in [-0.05, 0) is 6.42 Å². The van der Waals surface area contributed by atoms with Gasteiger partial charge >= 0.3 is 0 Å². The molecule has 0 spiro atoms. The summed E-state index contributed by atoms with van der Waals surface area (Å²) >= 11 is 0. The van der Waals surface area contributed by atoms with E-state index in [0.29, 0.717) is 6.42 Å². The van der Waals surface area contributed by atoms with Gasteiger partial charge in [-0.2, -0.15) is 0 Å². The molecule has 1 heterocycles. The summed E-state index contributed by atoms with van der Waals surface area (Å²) < 4.78 is 0. The lowest BCUT2D eigenvalue weighted by Gasteiger charge is -2.09. The molecule has 0 fully saturated rings. The van der Waals surface area contributed by atoms with Crippen LogP contribution in [-0.4, -0.2) is 16.7 Å². The number of amides is 2. The maximum atomic E-state index is 10.8. The maximum absolute atomic E-state index is 10.8. The summed E-state index contributed by atoms with van der Waals surface area (Å²) in [7, 11) is 0. The van der Waals surface area contributed by atoms with Gasteiger partial charge in [0.25, 0.3) is 11.8 Å². The summed E-state index contributed by atoms with van der Waals surface area (Å²) in [6.07, 6.45) is 3.24. The first-order chi connectivity index (χ1) is 4.75. The van der Waals surface area contributed by atoms with Gasteiger partial charge in [0.05, 0.1) is 6.54 Å². The third-order valence-electron chi connectivity index (χ3n) is 1.21. The van der Waals surface area contributed by atoms with Crippen molar-refractivity contribution in [3.63, 3.8) is 0 Å². The van der Waals surface area contributed by atoms with E-state index in [2.05, 4.69) is 0 Å². The summed E-state index contributed by atoms with van der Waals surface area (Å²) in [4.78, 5) is 22.6. The molecule has 0 N–H and O–H groups in total. The summed E-state index contributed by atoms with van der Waals surface area (Å²) in [6.45, 7) is 3.45. The molecule has 0 aromatic heterocycles. The molecule has 2 amide bonds. The van der Waals surface area contributed by atoms with Crippen LogP contribution in [0.5, 0.6) is 0 Å². The molecule has 3 heteroatoms. The fraction of sp³-hybridized carbons (Fsp3) is 0.286. The lowest BCUT2D eigenvalue weighted by Crippen LogP contribution is -2.26. The van der Waals surface area contributed by atoms with Crippen LogP contribution in [0.1, 0.15) is 13.3 Å². The molecule has 3 nitrogen and oxygen atoms in total. The zero-order valence-corrected chi connectivity index (χ0v) is 5.70. The minimum atomic E-state index is -0.244. The minimum absolute atomic E-state index is 0.244. The Kier molecular flexibility index (Phi) is 1.85. The summed E-state index contributed by atoms with van der Waals surface area (Å²) in [5, 5.41) is 0. The molecular weight excluding hydrogens is 130 g/mol. The Hall–Kier alpha value is -1.12.